The largest absolute Gasteiger partial charge is 0.294 e. The van der Waals surface area contributed by atoms with Gasteiger partial charge in [0.15, 0.2) is 5.78 Å². The molecule has 2 aromatic rings. The molecule has 1 aromatic carbocycles. The first-order chi connectivity index (χ1) is 9.13. The van der Waals surface area contributed by atoms with Gasteiger partial charge in [0.05, 0.1) is 5.52 Å². The van der Waals surface area contributed by atoms with Crippen LogP contribution in [0, 0.1) is 18.8 Å². The number of pyridine rings is 1. The maximum absolute atomic E-state index is 12.5. The molecule has 2 unspecified atom stereocenters. The molecule has 1 saturated carbocycles. The molecule has 98 valence electrons. The van der Waals surface area contributed by atoms with Crippen LogP contribution in [0.3, 0.4) is 0 Å². The molecule has 0 radical (unpaired) electrons. The monoisotopic (exact) mass is 253 g/mol. The van der Waals surface area contributed by atoms with Crippen molar-refractivity contribution in [1.82, 2.24) is 4.98 Å². The molecular formula is C17H19NO. The van der Waals surface area contributed by atoms with Crippen molar-refractivity contribution in [2.24, 2.45) is 11.8 Å². The second kappa shape index (κ2) is 4.76. The van der Waals surface area contributed by atoms with E-state index in [1.54, 1.807) is 0 Å². The highest BCUT2D eigenvalue weighted by Gasteiger charge is 2.28. The Balaban J connectivity index is 1.92. The van der Waals surface area contributed by atoms with E-state index in [0.29, 0.717) is 11.7 Å². The topological polar surface area (TPSA) is 30.0 Å². The average molecular weight is 253 g/mol. The minimum Gasteiger partial charge on any atom is -0.294 e. The van der Waals surface area contributed by atoms with E-state index in [9.17, 15) is 4.79 Å². The first kappa shape index (κ1) is 12.3. The highest BCUT2D eigenvalue weighted by atomic mass is 16.1. The summed E-state index contributed by atoms with van der Waals surface area (Å²) in [5.41, 5.74) is 2.82. The molecule has 1 aliphatic rings. The van der Waals surface area contributed by atoms with E-state index in [-0.39, 0.29) is 5.92 Å². The molecule has 1 aromatic heterocycles. The Kier molecular flexibility index (Phi) is 3.09. The lowest BCUT2D eigenvalue weighted by Crippen LogP contribution is -2.11. The van der Waals surface area contributed by atoms with E-state index in [1.807, 2.05) is 37.3 Å². The molecule has 1 fully saturated rings. The Hall–Kier alpha value is -1.70. The number of fused-ring (bicyclic) bond motifs is 1. The lowest BCUT2D eigenvalue weighted by Gasteiger charge is -2.09. The van der Waals surface area contributed by atoms with Crippen molar-refractivity contribution in [1.29, 1.82) is 0 Å². The number of benzene rings is 1. The number of rotatable bonds is 2. The Morgan fingerprint density at radius 2 is 2.05 bits per heavy atom. The van der Waals surface area contributed by atoms with Crippen LogP contribution in [0.1, 0.15) is 42.2 Å². The number of Topliss-reactive ketones (excluding diaryl/α,β-unsaturated/α-hetero) is 1. The van der Waals surface area contributed by atoms with Gasteiger partial charge in [0.2, 0.25) is 0 Å². The molecule has 0 aliphatic heterocycles. The molecule has 1 aliphatic carbocycles. The van der Waals surface area contributed by atoms with Crippen LogP contribution < -0.4 is 0 Å². The zero-order valence-corrected chi connectivity index (χ0v) is 11.5. The van der Waals surface area contributed by atoms with Crippen molar-refractivity contribution in [3.63, 3.8) is 0 Å². The van der Waals surface area contributed by atoms with Crippen LogP contribution in [0.2, 0.25) is 0 Å². The summed E-state index contributed by atoms with van der Waals surface area (Å²) < 4.78 is 0. The highest BCUT2D eigenvalue weighted by Crippen LogP contribution is 2.33. The Morgan fingerprint density at radius 1 is 1.21 bits per heavy atom. The molecule has 19 heavy (non-hydrogen) atoms. The molecular weight excluding hydrogens is 234 g/mol. The highest BCUT2D eigenvalue weighted by molar-refractivity contribution is 6.00. The predicted molar refractivity (Wildman–Crippen MR) is 77.3 cm³/mol. The van der Waals surface area contributed by atoms with Crippen molar-refractivity contribution in [2.75, 3.05) is 0 Å². The van der Waals surface area contributed by atoms with Crippen LogP contribution in [0.5, 0.6) is 0 Å². The Morgan fingerprint density at radius 3 is 2.79 bits per heavy atom. The molecule has 0 amide bonds. The number of carbonyl (C=O) groups is 1. The summed E-state index contributed by atoms with van der Waals surface area (Å²) in [6.45, 7) is 4.22. The Bertz CT molecular complexity index is 632. The van der Waals surface area contributed by atoms with Crippen molar-refractivity contribution in [3.8, 4) is 0 Å². The minimum atomic E-state index is 0.228. The normalized spacial score (nSPS) is 22.8. The summed E-state index contributed by atoms with van der Waals surface area (Å²) in [4.78, 5) is 17.0. The smallest absolute Gasteiger partial charge is 0.165 e. The molecule has 0 N–H and O–H groups in total. The third-order valence-corrected chi connectivity index (χ3v) is 4.18. The van der Waals surface area contributed by atoms with Gasteiger partial charge < -0.3 is 0 Å². The van der Waals surface area contributed by atoms with Crippen LogP contribution in [0.4, 0.5) is 0 Å². The minimum absolute atomic E-state index is 0.228. The fraction of sp³-hybridized carbons (Fsp3) is 0.412. The van der Waals surface area contributed by atoms with Gasteiger partial charge >= 0.3 is 0 Å². The predicted octanol–water partition coefficient (Wildman–Crippen LogP) is 4.16. The summed E-state index contributed by atoms with van der Waals surface area (Å²) in [7, 11) is 0. The van der Waals surface area contributed by atoms with Gasteiger partial charge in [-0.15, -0.1) is 0 Å². The second-order valence-corrected chi connectivity index (χ2v) is 5.84. The van der Waals surface area contributed by atoms with Crippen molar-refractivity contribution in [2.45, 2.75) is 33.1 Å². The molecule has 2 nitrogen and oxygen atoms in total. The number of nitrogens with zero attached hydrogens (tertiary/aromatic N) is 1. The zero-order valence-electron chi connectivity index (χ0n) is 11.5. The first-order valence-electron chi connectivity index (χ1n) is 7.05. The summed E-state index contributed by atoms with van der Waals surface area (Å²) in [5, 5.41) is 1.06. The maximum atomic E-state index is 12.5. The van der Waals surface area contributed by atoms with Crippen LogP contribution in [-0.2, 0) is 0 Å². The first-order valence-corrected chi connectivity index (χ1v) is 7.05. The van der Waals surface area contributed by atoms with Crippen molar-refractivity contribution >= 4 is 16.7 Å². The van der Waals surface area contributed by atoms with Gasteiger partial charge in [-0.05, 0) is 56.4 Å². The van der Waals surface area contributed by atoms with Gasteiger partial charge in [0.25, 0.3) is 0 Å². The number of hydrogen-bond donors (Lipinski definition) is 0. The van der Waals surface area contributed by atoms with Gasteiger partial charge in [-0.1, -0.05) is 13.0 Å². The van der Waals surface area contributed by atoms with E-state index in [1.165, 1.54) is 6.42 Å². The number of carbonyl (C=O) groups excluding carboxylic acids is 1. The molecule has 0 saturated heterocycles. The van der Waals surface area contributed by atoms with Gasteiger partial charge in [-0.3, -0.25) is 9.78 Å². The van der Waals surface area contributed by atoms with Crippen LogP contribution >= 0.6 is 0 Å². The standard InChI is InChI=1S/C17H19NO/c1-11-3-5-14(9-11)17(19)15-7-8-16-13(10-15)6-4-12(2)18-16/h4,6-8,10-11,14H,3,5,9H2,1-2H3. The molecule has 3 rings (SSSR count). The third kappa shape index (κ3) is 2.40. The van der Waals surface area contributed by atoms with E-state index in [4.69, 9.17) is 0 Å². The maximum Gasteiger partial charge on any atom is 0.165 e. The number of aromatic nitrogens is 1. The third-order valence-electron chi connectivity index (χ3n) is 4.18. The SMILES string of the molecule is Cc1ccc2cc(C(=O)C3CCC(C)C3)ccc2n1. The molecule has 0 spiro atoms. The fourth-order valence-corrected chi connectivity index (χ4v) is 3.06. The Labute approximate surface area is 113 Å². The summed E-state index contributed by atoms with van der Waals surface area (Å²) in [6.07, 6.45) is 3.28. The van der Waals surface area contributed by atoms with Gasteiger partial charge in [-0.2, -0.15) is 0 Å². The molecule has 1 heterocycles. The van der Waals surface area contributed by atoms with Crippen LogP contribution in [-0.4, -0.2) is 10.8 Å². The van der Waals surface area contributed by atoms with E-state index < -0.39 is 0 Å². The van der Waals surface area contributed by atoms with E-state index in [0.717, 1.165) is 35.0 Å². The lowest BCUT2D eigenvalue weighted by atomic mass is 9.94. The number of ketones is 1. The van der Waals surface area contributed by atoms with Gasteiger partial charge in [0.1, 0.15) is 0 Å². The van der Waals surface area contributed by atoms with Gasteiger partial charge in [0, 0.05) is 22.6 Å². The summed E-state index contributed by atoms with van der Waals surface area (Å²) in [5.74, 6) is 1.23. The zero-order chi connectivity index (χ0) is 13.4. The van der Waals surface area contributed by atoms with Gasteiger partial charge in [-0.25, -0.2) is 0 Å². The van der Waals surface area contributed by atoms with E-state index >= 15 is 0 Å². The molecule has 0 bridgehead atoms. The van der Waals surface area contributed by atoms with E-state index in [2.05, 4.69) is 11.9 Å². The second-order valence-electron chi connectivity index (χ2n) is 5.84. The lowest BCUT2D eigenvalue weighted by molar-refractivity contribution is 0.0920. The summed E-state index contributed by atoms with van der Waals surface area (Å²) >= 11 is 0. The number of hydrogen-bond acceptors (Lipinski definition) is 2. The van der Waals surface area contributed by atoms with Crippen molar-refractivity contribution in [3.05, 3.63) is 41.6 Å². The quantitative estimate of drug-likeness (QED) is 0.752. The van der Waals surface area contributed by atoms with Crippen molar-refractivity contribution < 1.29 is 4.79 Å². The average Bonchev–Trinajstić information content (AvgIpc) is 2.84. The summed E-state index contributed by atoms with van der Waals surface area (Å²) in [6, 6.07) is 9.93. The fourth-order valence-electron chi connectivity index (χ4n) is 3.06. The molecule has 2 atom stereocenters. The molecule has 2 heteroatoms. The number of aryl methyl sites for hydroxylation is 1. The van der Waals surface area contributed by atoms with Crippen LogP contribution in [0.25, 0.3) is 10.9 Å². The van der Waals surface area contributed by atoms with Crippen LogP contribution in [0.15, 0.2) is 30.3 Å².